The van der Waals surface area contributed by atoms with E-state index in [9.17, 15) is 32.7 Å². The summed E-state index contributed by atoms with van der Waals surface area (Å²) in [6.45, 7) is 0.804. The summed E-state index contributed by atoms with van der Waals surface area (Å²) in [5.41, 5.74) is 2.26. The molecular formula is C28H22F3N3O4. The Balaban J connectivity index is 1.53. The van der Waals surface area contributed by atoms with Crippen LogP contribution in [0.25, 0.3) is 27.8 Å². The lowest BCUT2D eigenvalue weighted by Crippen LogP contribution is -2.44. The lowest BCUT2D eigenvalue weighted by atomic mass is 10.0. The monoisotopic (exact) mass is 521 g/mol. The number of carboxylic acid groups (broad SMARTS) is 1. The van der Waals surface area contributed by atoms with Crippen LogP contribution >= 0.6 is 0 Å². The van der Waals surface area contributed by atoms with Gasteiger partial charge in [-0.25, -0.2) is 4.98 Å². The van der Waals surface area contributed by atoms with Crippen molar-refractivity contribution in [2.75, 3.05) is 0 Å². The van der Waals surface area contributed by atoms with E-state index >= 15 is 0 Å². The van der Waals surface area contributed by atoms with Gasteiger partial charge in [-0.3, -0.25) is 14.4 Å². The minimum Gasteiger partial charge on any atom is -0.481 e. The maximum Gasteiger partial charge on any atom is 0.408 e. The van der Waals surface area contributed by atoms with Crippen molar-refractivity contribution in [3.63, 3.8) is 0 Å². The van der Waals surface area contributed by atoms with Crippen molar-refractivity contribution in [1.82, 2.24) is 14.9 Å². The summed E-state index contributed by atoms with van der Waals surface area (Å²) in [6, 6.07) is 15.6. The third-order valence-corrected chi connectivity index (χ3v) is 6.75. The molecular weight excluding hydrogens is 499 g/mol. The second-order valence-electron chi connectivity index (χ2n) is 9.31. The summed E-state index contributed by atoms with van der Waals surface area (Å²) < 4.78 is 40.6. The molecule has 1 saturated carbocycles. The molecule has 1 aliphatic carbocycles. The van der Waals surface area contributed by atoms with Gasteiger partial charge < -0.3 is 15.0 Å². The van der Waals surface area contributed by atoms with Crippen LogP contribution in [0.15, 0.2) is 77.9 Å². The normalized spacial score (nSPS) is 17.7. The van der Waals surface area contributed by atoms with Gasteiger partial charge in [0.05, 0.1) is 11.3 Å². The summed E-state index contributed by atoms with van der Waals surface area (Å²) >= 11 is 0. The van der Waals surface area contributed by atoms with Crippen LogP contribution in [-0.2, 0) is 4.79 Å². The van der Waals surface area contributed by atoms with Crippen molar-refractivity contribution >= 4 is 22.9 Å². The molecule has 0 spiro atoms. The molecule has 3 atom stereocenters. The molecule has 2 N–H and O–H groups in total. The van der Waals surface area contributed by atoms with E-state index in [4.69, 9.17) is 0 Å². The molecule has 7 nitrogen and oxygen atoms in total. The third-order valence-electron chi connectivity index (χ3n) is 6.75. The average molecular weight is 521 g/mol. The number of benzene rings is 2. The zero-order chi connectivity index (χ0) is 27.2. The number of carbonyl (C=O) groups is 2. The molecule has 3 unspecified atom stereocenters. The van der Waals surface area contributed by atoms with E-state index in [1.165, 1.54) is 29.1 Å². The first-order chi connectivity index (χ1) is 18.0. The number of nitrogens with zero attached hydrogens (tertiary/aromatic N) is 2. The van der Waals surface area contributed by atoms with Crippen molar-refractivity contribution in [3.8, 4) is 16.8 Å². The molecule has 1 aliphatic rings. The Morgan fingerprint density at radius 1 is 1.08 bits per heavy atom. The van der Waals surface area contributed by atoms with Crippen LogP contribution in [0.3, 0.4) is 0 Å². The summed E-state index contributed by atoms with van der Waals surface area (Å²) in [4.78, 5) is 41.2. The number of nitrogens with one attached hydrogen (secondary N) is 1. The van der Waals surface area contributed by atoms with E-state index in [0.29, 0.717) is 12.1 Å². The number of hydrogen-bond acceptors (Lipinski definition) is 4. The summed E-state index contributed by atoms with van der Waals surface area (Å²) in [7, 11) is 0. The molecule has 2 heterocycles. The zero-order valence-electron chi connectivity index (χ0n) is 20.1. The Labute approximate surface area is 214 Å². The van der Waals surface area contributed by atoms with Crippen LogP contribution in [0.2, 0.25) is 0 Å². The van der Waals surface area contributed by atoms with Crippen molar-refractivity contribution in [2.45, 2.75) is 31.5 Å². The summed E-state index contributed by atoms with van der Waals surface area (Å²) in [5, 5.41) is 11.1. The number of fused-ring (bicyclic) bond motifs is 1. The van der Waals surface area contributed by atoms with Gasteiger partial charge in [-0.2, -0.15) is 13.2 Å². The minimum atomic E-state index is -4.66. The highest BCUT2D eigenvalue weighted by molar-refractivity contribution is 5.97. The Kier molecular flexibility index (Phi) is 6.26. The van der Waals surface area contributed by atoms with Gasteiger partial charge in [0.25, 0.3) is 5.91 Å². The van der Waals surface area contributed by atoms with E-state index in [0.717, 1.165) is 23.6 Å². The van der Waals surface area contributed by atoms with E-state index in [2.05, 4.69) is 4.98 Å². The highest BCUT2D eigenvalue weighted by Gasteiger charge is 2.44. The molecule has 194 valence electrons. The molecule has 2 aromatic carbocycles. The fourth-order valence-corrected chi connectivity index (χ4v) is 4.47. The largest absolute Gasteiger partial charge is 0.481 e. The second kappa shape index (κ2) is 9.44. The first-order valence-corrected chi connectivity index (χ1v) is 11.9. The van der Waals surface area contributed by atoms with Crippen molar-refractivity contribution in [2.24, 2.45) is 5.92 Å². The van der Waals surface area contributed by atoms with Gasteiger partial charge in [-0.15, -0.1) is 0 Å². The Bertz CT molecular complexity index is 1610. The number of aromatic nitrogens is 2. The molecule has 38 heavy (non-hydrogen) atoms. The van der Waals surface area contributed by atoms with Crippen molar-refractivity contribution in [1.29, 1.82) is 0 Å². The van der Waals surface area contributed by atoms with Crippen LogP contribution < -0.4 is 10.7 Å². The van der Waals surface area contributed by atoms with Crippen LogP contribution in [0, 0.1) is 5.92 Å². The number of amides is 1. The number of carboxylic acids is 1. The quantitative estimate of drug-likeness (QED) is 0.375. The number of halogens is 3. The van der Waals surface area contributed by atoms with Crippen LogP contribution in [-0.4, -0.2) is 38.8 Å². The van der Waals surface area contributed by atoms with Gasteiger partial charge in [0.2, 0.25) is 5.43 Å². The molecule has 1 fully saturated rings. The molecule has 1 amide bonds. The van der Waals surface area contributed by atoms with Crippen molar-refractivity contribution in [3.05, 3.63) is 94.4 Å². The van der Waals surface area contributed by atoms with Gasteiger partial charge in [-0.1, -0.05) is 36.4 Å². The van der Waals surface area contributed by atoms with Gasteiger partial charge in [0.1, 0.15) is 17.3 Å². The zero-order valence-corrected chi connectivity index (χ0v) is 20.1. The number of carbonyl (C=O) groups excluding carboxylic acids is 1. The summed E-state index contributed by atoms with van der Waals surface area (Å²) in [5.74, 6) is -2.27. The minimum absolute atomic E-state index is 0.0103. The van der Waals surface area contributed by atoms with E-state index in [-0.39, 0.29) is 22.9 Å². The van der Waals surface area contributed by atoms with Crippen LogP contribution in [0.4, 0.5) is 13.2 Å². The molecule has 0 bridgehead atoms. The molecule has 4 aromatic rings. The smallest absolute Gasteiger partial charge is 0.408 e. The lowest BCUT2D eigenvalue weighted by molar-refractivity contribution is -0.149. The number of hydrogen-bond donors (Lipinski definition) is 2. The predicted molar refractivity (Wildman–Crippen MR) is 134 cm³/mol. The Morgan fingerprint density at radius 3 is 2.47 bits per heavy atom. The van der Waals surface area contributed by atoms with E-state index in [1.54, 1.807) is 12.1 Å². The number of rotatable bonds is 6. The summed E-state index contributed by atoms with van der Waals surface area (Å²) in [6.07, 6.45) is -1.36. The molecule has 5 rings (SSSR count). The maximum atomic E-state index is 13.0. The first-order valence-electron chi connectivity index (χ1n) is 11.9. The van der Waals surface area contributed by atoms with Gasteiger partial charge >= 0.3 is 12.1 Å². The van der Waals surface area contributed by atoms with Crippen LogP contribution in [0.5, 0.6) is 0 Å². The first kappa shape index (κ1) is 25.2. The topological polar surface area (TPSA) is 101 Å². The van der Waals surface area contributed by atoms with E-state index < -0.39 is 35.1 Å². The number of alkyl halides is 3. The number of aliphatic carboxylic acids is 1. The SMILES string of the molecule is CC(NC(=O)c1cn(-c2cccc(-c3ccc(C4CC4C(=O)O)cc3)c2)c2ncccc2c1=O)C(F)(F)F. The lowest BCUT2D eigenvalue weighted by Gasteiger charge is -2.18. The Morgan fingerprint density at radius 2 is 1.82 bits per heavy atom. The van der Waals surface area contributed by atoms with Gasteiger partial charge in [0, 0.05) is 18.1 Å². The fourth-order valence-electron chi connectivity index (χ4n) is 4.47. The van der Waals surface area contributed by atoms with E-state index in [1.807, 2.05) is 41.7 Å². The average Bonchev–Trinajstić information content (AvgIpc) is 3.70. The van der Waals surface area contributed by atoms with Gasteiger partial charge in [-0.05, 0) is 60.2 Å². The molecule has 0 radical (unpaired) electrons. The predicted octanol–water partition coefficient (Wildman–Crippen LogP) is 4.92. The third kappa shape index (κ3) is 4.77. The Hall–Kier alpha value is -4.47. The van der Waals surface area contributed by atoms with Crippen LogP contribution in [0.1, 0.15) is 35.2 Å². The second-order valence-corrected chi connectivity index (χ2v) is 9.31. The standard InChI is InChI=1S/C28H22F3N3O4/c1-15(28(29,30)31)33-26(36)23-14-34(25-20(24(23)35)6-3-11-32-25)19-5-2-4-18(12-19)16-7-9-17(10-8-16)21-13-22(21)27(37)38/h2-12,14-15,21-22H,13H2,1H3,(H,33,36)(H,37,38). The highest BCUT2D eigenvalue weighted by Crippen LogP contribution is 2.47. The van der Waals surface area contributed by atoms with Crippen molar-refractivity contribution < 1.29 is 27.9 Å². The number of pyridine rings is 2. The molecule has 0 aliphatic heterocycles. The fraction of sp³-hybridized carbons (Fsp3) is 0.214. The molecule has 10 heteroatoms. The highest BCUT2D eigenvalue weighted by atomic mass is 19.4. The maximum absolute atomic E-state index is 13.0. The molecule has 2 aromatic heterocycles. The molecule has 0 saturated heterocycles. The van der Waals surface area contributed by atoms with Gasteiger partial charge in [0.15, 0.2) is 0 Å².